The van der Waals surface area contributed by atoms with E-state index in [4.69, 9.17) is 21.7 Å². The first kappa shape index (κ1) is 16.2. The number of hydrogen-bond acceptors (Lipinski definition) is 3. The molecule has 0 aliphatic rings. The molecule has 0 atom stereocenters. The molecule has 0 radical (unpaired) electrons. The zero-order chi connectivity index (χ0) is 15.4. The summed E-state index contributed by atoms with van der Waals surface area (Å²) < 4.78 is 12.7. The minimum Gasteiger partial charge on any atom is -0.488 e. The molecule has 0 N–H and O–H groups in total. The van der Waals surface area contributed by atoms with E-state index >= 15 is 0 Å². The quantitative estimate of drug-likeness (QED) is 0.507. The van der Waals surface area contributed by atoms with Gasteiger partial charge in [-0.05, 0) is 72.4 Å². The van der Waals surface area contributed by atoms with Gasteiger partial charge in [0.2, 0.25) is 0 Å². The summed E-state index contributed by atoms with van der Waals surface area (Å²) in [7, 11) is 0. The summed E-state index contributed by atoms with van der Waals surface area (Å²) >= 11 is 7.31. The molecule has 0 aromatic heterocycles. The second-order valence-electron chi connectivity index (χ2n) is 4.87. The summed E-state index contributed by atoms with van der Waals surface area (Å²) in [6.45, 7) is 6.35. The van der Waals surface area contributed by atoms with E-state index in [9.17, 15) is 0 Å². The Labute approximate surface area is 144 Å². The molecule has 0 saturated heterocycles. The summed E-state index contributed by atoms with van der Waals surface area (Å²) in [5.41, 5.74) is 3.38. The second-order valence-corrected chi connectivity index (χ2v) is 6.60. The molecular formula is C17H17IO2S. The molecular weight excluding hydrogens is 395 g/mol. The Kier molecular flexibility index (Phi) is 5.58. The smallest absolute Gasteiger partial charge is 0.164 e. The Hall–Kier alpha value is -1.14. The van der Waals surface area contributed by atoms with Gasteiger partial charge < -0.3 is 9.47 Å². The summed E-state index contributed by atoms with van der Waals surface area (Å²) in [6.07, 6.45) is 0. The molecule has 0 heterocycles. The first-order valence-electron chi connectivity index (χ1n) is 6.63. The van der Waals surface area contributed by atoms with Crippen molar-refractivity contribution in [3.63, 3.8) is 0 Å². The van der Waals surface area contributed by atoms with E-state index in [1.165, 1.54) is 5.56 Å². The Balaban J connectivity index is 2.21. The largest absolute Gasteiger partial charge is 0.488 e. The number of ether oxygens (including phenoxy) is 2. The Morgan fingerprint density at radius 2 is 1.90 bits per heavy atom. The highest BCUT2D eigenvalue weighted by Gasteiger charge is 2.10. The van der Waals surface area contributed by atoms with E-state index in [0.717, 1.165) is 26.2 Å². The monoisotopic (exact) mass is 412 g/mol. The summed E-state index contributed by atoms with van der Waals surface area (Å²) in [5.74, 6) is 1.66. The van der Waals surface area contributed by atoms with Crippen LogP contribution in [0.4, 0.5) is 0 Å². The molecule has 0 aliphatic carbocycles. The fourth-order valence-electron chi connectivity index (χ4n) is 2.04. The lowest BCUT2D eigenvalue weighted by Crippen LogP contribution is -2.06. The fraction of sp³-hybridized carbons (Fsp3) is 0.235. The number of halogens is 1. The van der Waals surface area contributed by atoms with Crippen molar-refractivity contribution in [2.45, 2.75) is 27.4 Å². The fourth-order valence-corrected chi connectivity index (χ4v) is 2.76. The third-order valence-electron chi connectivity index (χ3n) is 3.03. The van der Waals surface area contributed by atoms with Crippen molar-refractivity contribution in [2.75, 3.05) is 0 Å². The molecule has 0 aliphatic heterocycles. The Bertz CT molecular complexity index is 668. The van der Waals surface area contributed by atoms with Gasteiger partial charge in [-0.3, -0.25) is 0 Å². The van der Waals surface area contributed by atoms with Crippen LogP contribution in [0.3, 0.4) is 0 Å². The van der Waals surface area contributed by atoms with Gasteiger partial charge in [-0.15, -0.1) is 0 Å². The number of aryl methyl sites for hydroxylation is 2. The first-order chi connectivity index (χ1) is 9.97. The molecule has 110 valence electrons. The molecule has 0 saturated carbocycles. The molecule has 2 aromatic carbocycles. The highest BCUT2D eigenvalue weighted by molar-refractivity contribution is 14.1. The van der Waals surface area contributed by atoms with Gasteiger partial charge in [0.1, 0.15) is 18.1 Å². The second kappa shape index (κ2) is 7.22. The summed E-state index contributed by atoms with van der Waals surface area (Å²) in [4.78, 5) is 0. The van der Waals surface area contributed by atoms with Crippen molar-refractivity contribution < 1.29 is 9.47 Å². The van der Waals surface area contributed by atoms with Gasteiger partial charge in [-0.2, -0.15) is 0 Å². The lowest BCUT2D eigenvalue weighted by atomic mass is 10.1. The van der Waals surface area contributed by atoms with Gasteiger partial charge in [-0.1, -0.05) is 23.8 Å². The van der Waals surface area contributed by atoms with Gasteiger partial charge in [0.05, 0.1) is 0 Å². The van der Waals surface area contributed by atoms with E-state index in [0.29, 0.717) is 11.7 Å². The highest BCUT2D eigenvalue weighted by Crippen LogP contribution is 2.27. The van der Waals surface area contributed by atoms with Gasteiger partial charge in [-0.25, -0.2) is 0 Å². The number of benzene rings is 2. The predicted octanol–water partition coefficient (Wildman–Crippen LogP) is 5.21. The summed E-state index contributed by atoms with van der Waals surface area (Å²) in [6, 6.07) is 12.1. The maximum atomic E-state index is 5.95. The van der Waals surface area contributed by atoms with Crippen molar-refractivity contribution in [2.24, 2.45) is 0 Å². The van der Waals surface area contributed by atoms with E-state index in [1.54, 1.807) is 6.92 Å². The molecule has 0 unspecified atom stereocenters. The third-order valence-corrected chi connectivity index (χ3v) is 4.13. The van der Waals surface area contributed by atoms with Crippen molar-refractivity contribution in [1.29, 1.82) is 0 Å². The number of rotatable bonds is 4. The first-order valence-corrected chi connectivity index (χ1v) is 8.12. The van der Waals surface area contributed by atoms with Crippen LogP contribution in [0.25, 0.3) is 0 Å². The molecule has 4 heteroatoms. The predicted molar refractivity (Wildman–Crippen MR) is 98.3 cm³/mol. The van der Waals surface area contributed by atoms with E-state index in [-0.39, 0.29) is 0 Å². The molecule has 0 amide bonds. The number of thiocarbonyl (C=S) groups is 1. The van der Waals surface area contributed by atoms with E-state index in [1.807, 2.05) is 24.3 Å². The van der Waals surface area contributed by atoms with Gasteiger partial charge in [0.25, 0.3) is 0 Å². The van der Waals surface area contributed by atoms with Gasteiger partial charge in [0, 0.05) is 16.1 Å². The minimum absolute atomic E-state index is 0.459. The molecule has 0 bridgehead atoms. The van der Waals surface area contributed by atoms with Crippen LogP contribution in [0, 0.1) is 17.4 Å². The topological polar surface area (TPSA) is 18.5 Å². The average molecular weight is 412 g/mol. The maximum absolute atomic E-state index is 5.95. The van der Waals surface area contributed by atoms with Gasteiger partial charge >= 0.3 is 0 Å². The molecule has 2 nitrogen and oxygen atoms in total. The van der Waals surface area contributed by atoms with Crippen molar-refractivity contribution in [3.8, 4) is 11.5 Å². The normalized spacial score (nSPS) is 10.3. The van der Waals surface area contributed by atoms with Crippen molar-refractivity contribution in [1.82, 2.24) is 0 Å². The van der Waals surface area contributed by atoms with Crippen LogP contribution in [0.5, 0.6) is 11.5 Å². The Morgan fingerprint density at radius 1 is 1.14 bits per heavy atom. The highest BCUT2D eigenvalue weighted by atomic mass is 127. The molecule has 0 fully saturated rings. The van der Waals surface area contributed by atoms with Crippen LogP contribution < -0.4 is 9.47 Å². The van der Waals surface area contributed by atoms with Crippen LogP contribution in [0.1, 0.15) is 23.6 Å². The lowest BCUT2D eigenvalue weighted by Gasteiger charge is -2.14. The van der Waals surface area contributed by atoms with Crippen LogP contribution in [-0.2, 0) is 6.61 Å². The average Bonchev–Trinajstić information content (AvgIpc) is 2.39. The molecule has 0 spiro atoms. The zero-order valence-corrected chi connectivity index (χ0v) is 15.2. The van der Waals surface area contributed by atoms with Crippen LogP contribution in [-0.4, -0.2) is 5.05 Å². The van der Waals surface area contributed by atoms with Crippen LogP contribution >= 0.6 is 34.8 Å². The lowest BCUT2D eigenvalue weighted by molar-refractivity contribution is 0.299. The van der Waals surface area contributed by atoms with Gasteiger partial charge in [0.15, 0.2) is 5.05 Å². The maximum Gasteiger partial charge on any atom is 0.164 e. The standard InChI is InChI=1S/C17H17IO2S/c1-11-7-8-16(12(2)9-11)19-10-14-15(18)5-4-6-17(14)20-13(3)21/h4-9H,10H2,1-3H3. The minimum atomic E-state index is 0.459. The van der Waals surface area contributed by atoms with E-state index < -0.39 is 0 Å². The SMILES string of the molecule is CC(=S)Oc1cccc(I)c1COc1ccc(C)cc1C. The molecule has 21 heavy (non-hydrogen) atoms. The zero-order valence-electron chi connectivity index (χ0n) is 12.3. The number of hydrogen-bond donors (Lipinski definition) is 0. The van der Waals surface area contributed by atoms with Crippen molar-refractivity contribution in [3.05, 3.63) is 56.7 Å². The summed E-state index contributed by atoms with van der Waals surface area (Å²) in [5, 5.41) is 0.504. The third kappa shape index (κ3) is 4.41. The van der Waals surface area contributed by atoms with Crippen LogP contribution in [0.15, 0.2) is 36.4 Å². The van der Waals surface area contributed by atoms with Crippen molar-refractivity contribution >= 4 is 39.9 Å². The molecule has 2 rings (SSSR count). The molecule has 2 aromatic rings. The Morgan fingerprint density at radius 3 is 2.57 bits per heavy atom. The van der Waals surface area contributed by atoms with E-state index in [2.05, 4.69) is 48.6 Å². The van der Waals surface area contributed by atoms with Crippen LogP contribution in [0.2, 0.25) is 0 Å².